The topological polar surface area (TPSA) is 18.5 Å². The molecule has 0 aliphatic carbocycles. The Kier molecular flexibility index (Phi) is 10.5. The van der Waals surface area contributed by atoms with Gasteiger partial charge in [0.2, 0.25) is 0 Å². The van der Waals surface area contributed by atoms with E-state index in [0.29, 0.717) is 39.2 Å². The fourth-order valence-corrected chi connectivity index (χ4v) is 15.7. The van der Waals surface area contributed by atoms with Crippen molar-refractivity contribution in [2.24, 2.45) is 0 Å². The summed E-state index contributed by atoms with van der Waals surface area (Å²) in [4.78, 5) is 0. The molecule has 0 aromatic carbocycles. The lowest BCUT2D eigenvalue weighted by atomic mass is 10.5. The molecule has 0 heterocycles. The van der Waals surface area contributed by atoms with E-state index in [1.807, 2.05) is 6.08 Å². The molecule has 27 heavy (non-hydrogen) atoms. The van der Waals surface area contributed by atoms with Crippen LogP contribution in [0, 0.1) is 11.5 Å². The highest BCUT2D eigenvalue weighted by molar-refractivity contribution is 6.90. The third-order valence-corrected chi connectivity index (χ3v) is 18.8. The van der Waals surface area contributed by atoms with Crippen molar-refractivity contribution in [2.45, 2.75) is 116 Å². The van der Waals surface area contributed by atoms with E-state index in [1.165, 1.54) is 0 Å². The van der Waals surface area contributed by atoms with Crippen LogP contribution in [0.15, 0.2) is 12.0 Å². The van der Waals surface area contributed by atoms with E-state index in [0.717, 1.165) is 0 Å². The molecule has 0 aromatic rings. The van der Waals surface area contributed by atoms with Gasteiger partial charge in [0.25, 0.3) is 14.3 Å². The molecule has 2 nitrogen and oxygen atoms in total. The fourth-order valence-electron chi connectivity index (χ4n) is 5.31. The van der Waals surface area contributed by atoms with E-state index in [4.69, 9.17) is 9.16 Å². The average Bonchev–Trinajstić information content (AvgIpc) is 2.52. The highest BCUT2D eigenvalue weighted by Gasteiger charge is 2.47. The molecule has 0 N–H and O–H groups in total. The fraction of sp³-hybridized carbons (Fsp3) is 0.826. The lowest BCUT2D eigenvalue weighted by Crippen LogP contribution is -2.47. The predicted molar refractivity (Wildman–Crippen MR) is 126 cm³/mol. The standard InChI is InChI=1S/C23H46O2Si2/c1-17(2)26(18(3)4,19(5)6)16-14-15-23(24-13)25-27(20(7)8,21(9)10)22(11)12/h15,17-22H,1-13H3/b23-15+. The molecule has 0 saturated heterocycles. The van der Waals surface area contributed by atoms with Crippen LogP contribution in [0.5, 0.6) is 0 Å². The van der Waals surface area contributed by atoms with Crippen LogP contribution < -0.4 is 0 Å². The van der Waals surface area contributed by atoms with Gasteiger partial charge in [0, 0.05) is 0 Å². The molecule has 158 valence electrons. The van der Waals surface area contributed by atoms with Crippen molar-refractivity contribution in [3.05, 3.63) is 12.0 Å². The lowest BCUT2D eigenvalue weighted by Gasteiger charge is -2.42. The summed E-state index contributed by atoms with van der Waals surface area (Å²) in [7, 11) is -2.06. The van der Waals surface area contributed by atoms with E-state index in [9.17, 15) is 0 Å². The van der Waals surface area contributed by atoms with E-state index in [2.05, 4.69) is 94.5 Å². The van der Waals surface area contributed by atoms with Crippen LogP contribution in [-0.2, 0) is 9.16 Å². The van der Waals surface area contributed by atoms with Crippen LogP contribution in [0.3, 0.4) is 0 Å². The molecule has 0 bridgehead atoms. The number of hydrogen-bond donors (Lipinski definition) is 0. The first-order valence-electron chi connectivity index (χ1n) is 10.8. The Morgan fingerprint density at radius 3 is 1.30 bits per heavy atom. The Hall–Kier alpha value is -0.666. The zero-order chi connectivity index (χ0) is 21.6. The van der Waals surface area contributed by atoms with Crippen LogP contribution in [0.25, 0.3) is 0 Å². The summed E-state index contributed by atoms with van der Waals surface area (Å²) in [6.45, 7) is 27.8. The molecule has 0 aliphatic rings. The molecule has 0 radical (unpaired) electrons. The maximum atomic E-state index is 6.66. The summed E-state index contributed by atoms with van der Waals surface area (Å²) in [5.74, 6) is 3.98. The minimum atomic E-state index is -2.02. The van der Waals surface area contributed by atoms with Crippen LogP contribution in [0.1, 0.15) is 83.1 Å². The smallest absolute Gasteiger partial charge is 0.273 e. The number of methoxy groups -OCH3 is 1. The molecule has 4 heteroatoms. The van der Waals surface area contributed by atoms with Crippen molar-refractivity contribution >= 4 is 16.4 Å². The second kappa shape index (κ2) is 10.8. The summed E-state index contributed by atoms with van der Waals surface area (Å²) >= 11 is 0. The van der Waals surface area contributed by atoms with Crippen LogP contribution in [-0.4, -0.2) is 23.5 Å². The molecule has 0 unspecified atom stereocenters. The van der Waals surface area contributed by atoms with Crippen LogP contribution in [0.4, 0.5) is 0 Å². The molecular formula is C23H46O2Si2. The molecule has 0 saturated carbocycles. The molecule has 0 fully saturated rings. The zero-order valence-corrected chi connectivity index (χ0v) is 22.4. The monoisotopic (exact) mass is 410 g/mol. The summed E-state index contributed by atoms with van der Waals surface area (Å²) < 4.78 is 12.3. The van der Waals surface area contributed by atoms with Crippen LogP contribution in [0.2, 0.25) is 33.2 Å². The van der Waals surface area contributed by atoms with Gasteiger partial charge in [-0.25, -0.2) is 0 Å². The number of rotatable bonds is 9. The van der Waals surface area contributed by atoms with Gasteiger partial charge in [-0.1, -0.05) is 89.0 Å². The molecule has 0 aliphatic heterocycles. The third kappa shape index (κ3) is 5.67. The molecule has 0 aromatic heterocycles. The number of allylic oxidation sites excluding steroid dienone is 1. The van der Waals surface area contributed by atoms with Gasteiger partial charge in [0.05, 0.1) is 13.2 Å². The van der Waals surface area contributed by atoms with Gasteiger partial charge in [-0.2, -0.15) is 0 Å². The van der Waals surface area contributed by atoms with Crippen molar-refractivity contribution in [1.82, 2.24) is 0 Å². The molecule has 0 spiro atoms. The van der Waals surface area contributed by atoms with Crippen molar-refractivity contribution < 1.29 is 9.16 Å². The minimum Gasteiger partial charge on any atom is -0.518 e. The second-order valence-corrected chi connectivity index (χ2v) is 20.7. The van der Waals surface area contributed by atoms with Crippen molar-refractivity contribution in [1.29, 1.82) is 0 Å². The van der Waals surface area contributed by atoms with Crippen molar-refractivity contribution in [3.8, 4) is 11.5 Å². The highest BCUT2D eigenvalue weighted by Crippen LogP contribution is 2.44. The van der Waals surface area contributed by atoms with E-state index < -0.39 is 16.4 Å². The summed E-state index contributed by atoms with van der Waals surface area (Å²) in [6.07, 6.45) is 1.89. The maximum Gasteiger partial charge on any atom is 0.273 e. The maximum absolute atomic E-state index is 6.66. The van der Waals surface area contributed by atoms with Gasteiger partial charge in [-0.05, 0) is 33.2 Å². The molecule has 0 amide bonds. The van der Waals surface area contributed by atoms with Gasteiger partial charge in [-0.3, -0.25) is 0 Å². The minimum absolute atomic E-state index is 0.513. The Morgan fingerprint density at radius 2 is 1.04 bits per heavy atom. The molecular weight excluding hydrogens is 364 g/mol. The Bertz CT molecular complexity index is 491. The van der Waals surface area contributed by atoms with E-state index in [-0.39, 0.29) is 0 Å². The third-order valence-electron chi connectivity index (χ3n) is 6.53. The first kappa shape index (κ1) is 26.3. The average molecular weight is 411 g/mol. The predicted octanol–water partition coefficient (Wildman–Crippen LogP) is 7.89. The highest BCUT2D eigenvalue weighted by atomic mass is 28.4. The number of hydrogen-bond acceptors (Lipinski definition) is 2. The summed E-state index contributed by atoms with van der Waals surface area (Å²) in [5.41, 5.74) is 7.16. The molecule has 0 atom stereocenters. The van der Waals surface area contributed by atoms with E-state index in [1.54, 1.807) is 7.11 Å². The quantitative estimate of drug-likeness (QED) is 0.218. The zero-order valence-electron chi connectivity index (χ0n) is 20.4. The van der Waals surface area contributed by atoms with Crippen molar-refractivity contribution in [3.63, 3.8) is 0 Å². The largest absolute Gasteiger partial charge is 0.518 e. The Balaban J connectivity index is 6.03. The summed E-state index contributed by atoms with van der Waals surface area (Å²) in [5, 5.41) is 0. The van der Waals surface area contributed by atoms with Gasteiger partial charge >= 0.3 is 0 Å². The summed E-state index contributed by atoms with van der Waals surface area (Å²) in [6, 6.07) is 0. The Morgan fingerprint density at radius 1 is 0.667 bits per heavy atom. The van der Waals surface area contributed by atoms with Gasteiger partial charge in [0.15, 0.2) is 0 Å². The van der Waals surface area contributed by atoms with Crippen LogP contribution >= 0.6 is 0 Å². The first-order chi connectivity index (χ1) is 12.3. The first-order valence-corrected chi connectivity index (χ1v) is 15.1. The normalized spacial score (nSPS) is 13.8. The SMILES string of the molecule is CO/C(=C\C#C[Si](C(C)C)(C(C)C)C(C)C)O[Si](C(C)C)(C(C)C)C(C)C. The number of ether oxygens (including phenoxy) is 1. The Labute approximate surface area is 172 Å². The van der Waals surface area contributed by atoms with E-state index >= 15 is 0 Å². The molecule has 0 rings (SSSR count). The van der Waals surface area contributed by atoms with Gasteiger partial charge in [-0.15, -0.1) is 5.54 Å². The second-order valence-electron chi connectivity index (χ2n) is 9.75. The van der Waals surface area contributed by atoms with Crippen molar-refractivity contribution in [2.75, 3.05) is 7.11 Å². The van der Waals surface area contributed by atoms with Gasteiger partial charge < -0.3 is 9.16 Å². The van der Waals surface area contributed by atoms with Gasteiger partial charge in [0.1, 0.15) is 8.07 Å². The lowest BCUT2D eigenvalue weighted by molar-refractivity contribution is 0.137.